The standard InChI is InChI=1S/C16H23F2N/c1-12(2)16(6-4-3-5-7-19-16)11-13-8-14(17)10-15(18)9-13/h8-10,12,19H,3-7,11H2,1-2H3. The molecule has 0 amide bonds. The SMILES string of the molecule is CC(C)C1(Cc2cc(F)cc(F)c2)CCCCCN1. The summed E-state index contributed by atoms with van der Waals surface area (Å²) in [5.74, 6) is -0.526. The van der Waals surface area contributed by atoms with E-state index in [2.05, 4.69) is 19.2 Å². The normalized spacial score (nSPS) is 24.5. The number of rotatable bonds is 3. The van der Waals surface area contributed by atoms with Gasteiger partial charge in [0.2, 0.25) is 0 Å². The second-order valence-corrected chi connectivity index (χ2v) is 6.00. The van der Waals surface area contributed by atoms with Crippen molar-refractivity contribution in [2.45, 2.75) is 51.5 Å². The Morgan fingerprint density at radius 3 is 2.42 bits per heavy atom. The van der Waals surface area contributed by atoms with E-state index in [4.69, 9.17) is 0 Å². The molecule has 1 nitrogen and oxygen atoms in total. The zero-order chi connectivity index (χ0) is 13.9. The summed E-state index contributed by atoms with van der Waals surface area (Å²) in [7, 11) is 0. The van der Waals surface area contributed by atoms with Gasteiger partial charge in [0.05, 0.1) is 0 Å². The van der Waals surface area contributed by atoms with E-state index in [0.717, 1.165) is 24.6 Å². The molecule has 0 radical (unpaired) electrons. The molecule has 0 bridgehead atoms. The smallest absolute Gasteiger partial charge is 0.126 e. The van der Waals surface area contributed by atoms with Crippen LogP contribution in [0.4, 0.5) is 8.78 Å². The number of nitrogens with one attached hydrogen (secondary N) is 1. The van der Waals surface area contributed by atoms with Gasteiger partial charge in [-0.3, -0.25) is 0 Å². The fourth-order valence-corrected chi connectivity index (χ4v) is 3.09. The Morgan fingerprint density at radius 2 is 1.79 bits per heavy atom. The minimum absolute atomic E-state index is 0.0310. The van der Waals surface area contributed by atoms with Crippen molar-refractivity contribution in [3.8, 4) is 0 Å². The highest BCUT2D eigenvalue weighted by atomic mass is 19.1. The number of hydrogen-bond donors (Lipinski definition) is 1. The Labute approximate surface area is 114 Å². The lowest BCUT2D eigenvalue weighted by Gasteiger charge is -2.38. The molecular formula is C16H23F2N. The van der Waals surface area contributed by atoms with Crippen LogP contribution in [0, 0.1) is 17.6 Å². The van der Waals surface area contributed by atoms with Gasteiger partial charge in [0.1, 0.15) is 11.6 Å². The van der Waals surface area contributed by atoms with E-state index in [-0.39, 0.29) is 5.54 Å². The lowest BCUT2D eigenvalue weighted by molar-refractivity contribution is 0.225. The molecule has 1 aromatic rings. The van der Waals surface area contributed by atoms with Gasteiger partial charge in [0.15, 0.2) is 0 Å². The largest absolute Gasteiger partial charge is 0.311 e. The zero-order valence-electron chi connectivity index (χ0n) is 11.8. The van der Waals surface area contributed by atoms with Gasteiger partial charge in [-0.05, 0) is 49.4 Å². The van der Waals surface area contributed by atoms with Crippen LogP contribution in [0.5, 0.6) is 0 Å². The number of halogens is 2. The molecule has 1 aliphatic heterocycles. The van der Waals surface area contributed by atoms with Crippen molar-refractivity contribution in [1.29, 1.82) is 0 Å². The predicted molar refractivity (Wildman–Crippen MR) is 74.1 cm³/mol. The Morgan fingerprint density at radius 1 is 1.11 bits per heavy atom. The van der Waals surface area contributed by atoms with Crippen molar-refractivity contribution in [2.24, 2.45) is 5.92 Å². The molecule has 0 aliphatic carbocycles. The first-order chi connectivity index (χ1) is 9.02. The molecule has 0 spiro atoms. The van der Waals surface area contributed by atoms with Gasteiger partial charge in [0, 0.05) is 11.6 Å². The fraction of sp³-hybridized carbons (Fsp3) is 0.625. The molecule has 19 heavy (non-hydrogen) atoms. The minimum Gasteiger partial charge on any atom is -0.311 e. The highest BCUT2D eigenvalue weighted by Gasteiger charge is 2.34. The Hall–Kier alpha value is -0.960. The molecule has 1 aromatic carbocycles. The van der Waals surface area contributed by atoms with Crippen LogP contribution >= 0.6 is 0 Å². The van der Waals surface area contributed by atoms with Crippen molar-refractivity contribution in [3.05, 3.63) is 35.4 Å². The van der Waals surface area contributed by atoms with Crippen LogP contribution in [0.1, 0.15) is 45.1 Å². The van der Waals surface area contributed by atoms with Crippen LogP contribution in [0.2, 0.25) is 0 Å². The van der Waals surface area contributed by atoms with Crippen LogP contribution in [-0.4, -0.2) is 12.1 Å². The average molecular weight is 267 g/mol. The summed E-state index contributed by atoms with van der Waals surface area (Å²) in [6.45, 7) is 5.37. The Balaban J connectivity index is 2.24. The molecule has 3 heteroatoms. The first-order valence-electron chi connectivity index (χ1n) is 7.22. The molecule has 1 N–H and O–H groups in total. The van der Waals surface area contributed by atoms with E-state index in [1.54, 1.807) is 0 Å². The molecule has 0 aromatic heterocycles. The summed E-state index contributed by atoms with van der Waals surface area (Å²) in [6.07, 6.45) is 5.37. The molecular weight excluding hydrogens is 244 g/mol. The van der Waals surface area contributed by atoms with E-state index < -0.39 is 11.6 Å². The van der Waals surface area contributed by atoms with Gasteiger partial charge in [-0.1, -0.05) is 26.7 Å². The first-order valence-corrected chi connectivity index (χ1v) is 7.22. The third-order valence-electron chi connectivity index (χ3n) is 4.32. The lowest BCUT2D eigenvalue weighted by Crippen LogP contribution is -2.51. The van der Waals surface area contributed by atoms with Gasteiger partial charge in [-0.25, -0.2) is 8.78 Å². The van der Waals surface area contributed by atoms with Gasteiger partial charge in [0.25, 0.3) is 0 Å². The van der Waals surface area contributed by atoms with Crippen LogP contribution < -0.4 is 5.32 Å². The maximum Gasteiger partial charge on any atom is 0.126 e. The zero-order valence-corrected chi connectivity index (χ0v) is 11.8. The summed E-state index contributed by atoms with van der Waals surface area (Å²) in [5, 5.41) is 3.64. The highest BCUT2D eigenvalue weighted by Crippen LogP contribution is 2.30. The predicted octanol–water partition coefficient (Wildman–Crippen LogP) is 4.07. The fourth-order valence-electron chi connectivity index (χ4n) is 3.09. The van der Waals surface area contributed by atoms with Crippen LogP contribution in [-0.2, 0) is 6.42 Å². The molecule has 1 unspecified atom stereocenters. The van der Waals surface area contributed by atoms with Gasteiger partial charge >= 0.3 is 0 Å². The minimum atomic E-state index is -0.484. The molecule has 106 valence electrons. The molecule has 1 saturated heterocycles. The third kappa shape index (κ3) is 3.53. The summed E-state index contributed by atoms with van der Waals surface area (Å²) >= 11 is 0. The van der Waals surface area contributed by atoms with E-state index in [9.17, 15) is 8.78 Å². The topological polar surface area (TPSA) is 12.0 Å². The maximum absolute atomic E-state index is 13.3. The average Bonchev–Trinajstić information content (AvgIpc) is 2.54. The highest BCUT2D eigenvalue weighted by molar-refractivity contribution is 5.21. The van der Waals surface area contributed by atoms with Gasteiger partial charge < -0.3 is 5.32 Å². The van der Waals surface area contributed by atoms with Crippen molar-refractivity contribution >= 4 is 0 Å². The van der Waals surface area contributed by atoms with Crippen LogP contribution in [0.3, 0.4) is 0 Å². The lowest BCUT2D eigenvalue weighted by atomic mass is 9.77. The van der Waals surface area contributed by atoms with E-state index >= 15 is 0 Å². The monoisotopic (exact) mass is 267 g/mol. The Bertz CT molecular complexity index is 401. The molecule has 2 rings (SSSR count). The summed E-state index contributed by atoms with van der Waals surface area (Å²) < 4.78 is 26.7. The number of benzene rings is 1. The number of hydrogen-bond acceptors (Lipinski definition) is 1. The molecule has 0 saturated carbocycles. The first kappa shape index (κ1) is 14.4. The summed E-state index contributed by atoms with van der Waals surface area (Å²) in [4.78, 5) is 0. The van der Waals surface area contributed by atoms with Crippen molar-refractivity contribution in [1.82, 2.24) is 5.32 Å². The van der Waals surface area contributed by atoms with Crippen molar-refractivity contribution in [2.75, 3.05) is 6.54 Å². The van der Waals surface area contributed by atoms with Gasteiger partial charge in [-0.2, -0.15) is 0 Å². The Kier molecular flexibility index (Phi) is 4.56. The second-order valence-electron chi connectivity index (χ2n) is 6.00. The van der Waals surface area contributed by atoms with E-state index in [1.807, 2.05) is 0 Å². The molecule has 1 aliphatic rings. The molecule has 1 heterocycles. The molecule has 1 atom stereocenters. The summed E-state index contributed by atoms with van der Waals surface area (Å²) in [5.41, 5.74) is 0.720. The quantitative estimate of drug-likeness (QED) is 0.870. The van der Waals surface area contributed by atoms with E-state index in [0.29, 0.717) is 12.3 Å². The van der Waals surface area contributed by atoms with Crippen molar-refractivity contribution < 1.29 is 8.78 Å². The second kappa shape index (κ2) is 6.00. The van der Waals surface area contributed by atoms with E-state index in [1.165, 1.54) is 31.4 Å². The van der Waals surface area contributed by atoms with Crippen LogP contribution in [0.25, 0.3) is 0 Å². The molecule has 1 fully saturated rings. The van der Waals surface area contributed by atoms with Gasteiger partial charge in [-0.15, -0.1) is 0 Å². The van der Waals surface area contributed by atoms with Crippen LogP contribution in [0.15, 0.2) is 18.2 Å². The summed E-state index contributed by atoms with van der Waals surface area (Å²) in [6, 6.07) is 3.85. The maximum atomic E-state index is 13.3. The third-order valence-corrected chi connectivity index (χ3v) is 4.32. The van der Waals surface area contributed by atoms with Crippen molar-refractivity contribution in [3.63, 3.8) is 0 Å².